The van der Waals surface area contributed by atoms with Gasteiger partial charge < -0.3 is 4.74 Å². The van der Waals surface area contributed by atoms with Gasteiger partial charge in [0.2, 0.25) is 0 Å². The largest absolute Gasteiger partial charge is 0.383 e. The summed E-state index contributed by atoms with van der Waals surface area (Å²) in [5.41, 5.74) is 0. The molecule has 0 saturated carbocycles. The molecular formula is C7H14BrF2NO. The number of ether oxygens (including phenoxy) is 1. The Balaban J connectivity index is 3.54. The lowest BCUT2D eigenvalue weighted by molar-refractivity contribution is 0.0743. The molecule has 0 aliphatic carbocycles. The number of alkyl halides is 3. The molecule has 5 heteroatoms. The van der Waals surface area contributed by atoms with Crippen LogP contribution in [0.4, 0.5) is 8.78 Å². The molecule has 12 heavy (non-hydrogen) atoms. The van der Waals surface area contributed by atoms with Crippen molar-refractivity contribution in [1.29, 1.82) is 0 Å². The standard InChI is InChI=1S/C7H14BrF2NO/c1-12-5-4-11(3-2-8)6-7(9)10/h7H,2-6H2,1H3. The Kier molecular flexibility index (Phi) is 8.06. The number of methoxy groups -OCH3 is 1. The third-order valence-electron chi connectivity index (χ3n) is 1.41. The first kappa shape index (κ1) is 12.3. The first-order chi connectivity index (χ1) is 5.70. The van der Waals surface area contributed by atoms with Gasteiger partial charge in [-0.15, -0.1) is 0 Å². The molecule has 0 rings (SSSR count). The second-order valence-corrected chi connectivity index (χ2v) is 3.17. The Bertz CT molecular complexity index is 105. The third-order valence-corrected chi connectivity index (χ3v) is 1.76. The van der Waals surface area contributed by atoms with Crippen molar-refractivity contribution in [2.45, 2.75) is 6.43 Å². The van der Waals surface area contributed by atoms with Crippen molar-refractivity contribution in [3.05, 3.63) is 0 Å². The van der Waals surface area contributed by atoms with Crippen molar-refractivity contribution < 1.29 is 13.5 Å². The van der Waals surface area contributed by atoms with Crippen LogP contribution < -0.4 is 0 Å². The van der Waals surface area contributed by atoms with E-state index in [1.165, 1.54) is 0 Å². The van der Waals surface area contributed by atoms with Gasteiger partial charge >= 0.3 is 0 Å². The zero-order chi connectivity index (χ0) is 9.40. The minimum Gasteiger partial charge on any atom is -0.383 e. The normalized spacial score (nSPS) is 11.5. The van der Waals surface area contributed by atoms with E-state index >= 15 is 0 Å². The highest BCUT2D eigenvalue weighted by molar-refractivity contribution is 9.09. The van der Waals surface area contributed by atoms with Gasteiger partial charge in [-0.05, 0) is 0 Å². The van der Waals surface area contributed by atoms with E-state index in [0.29, 0.717) is 25.0 Å². The number of halogens is 3. The van der Waals surface area contributed by atoms with Crippen LogP contribution in [0.15, 0.2) is 0 Å². The van der Waals surface area contributed by atoms with E-state index in [2.05, 4.69) is 15.9 Å². The lowest BCUT2D eigenvalue weighted by atomic mass is 10.5. The second kappa shape index (κ2) is 7.89. The van der Waals surface area contributed by atoms with E-state index in [-0.39, 0.29) is 6.54 Å². The smallest absolute Gasteiger partial charge is 0.251 e. The molecule has 0 radical (unpaired) electrons. The van der Waals surface area contributed by atoms with Crippen LogP contribution >= 0.6 is 15.9 Å². The van der Waals surface area contributed by atoms with Gasteiger partial charge in [0, 0.05) is 25.5 Å². The maximum Gasteiger partial charge on any atom is 0.251 e. The molecule has 0 fully saturated rings. The Labute approximate surface area is 80.0 Å². The summed E-state index contributed by atoms with van der Waals surface area (Å²) in [4.78, 5) is 1.67. The quantitative estimate of drug-likeness (QED) is 0.632. The Hall–Kier alpha value is 0.260. The average Bonchev–Trinajstić information content (AvgIpc) is 2.00. The fraction of sp³-hybridized carbons (Fsp3) is 1.00. The summed E-state index contributed by atoms with van der Waals surface area (Å²) in [6, 6.07) is 0. The number of rotatable bonds is 7. The zero-order valence-corrected chi connectivity index (χ0v) is 8.69. The van der Waals surface area contributed by atoms with Crippen LogP contribution in [0.2, 0.25) is 0 Å². The summed E-state index contributed by atoms with van der Waals surface area (Å²) in [7, 11) is 1.56. The average molecular weight is 246 g/mol. The minimum absolute atomic E-state index is 0.172. The number of nitrogens with zero attached hydrogens (tertiary/aromatic N) is 1. The van der Waals surface area contributed by atoms with E-state index in [9.17, 15) is 8.78 Å². The van der Waals surface area contributed by atoms with Gasteiger partial charge in [0.15, 0.2) is 0 Å². The van der Waals surface area contributed by atoms with Crippen LogP contribution in [0.3, 0.4) is 0 Å². The molecule has 0 heterocycles. The highest BCUT2D eigenvalue weighted by Gasteiger charge is 2.10. The molecule has 0 spiro atoms. The SMILES string of the molecule is COCCN(CCBr)CC(F)F. The maximum atomic E-state index is 11.9. The summed E-state index contributed by atoms with van der Waals surface area (Å²) >= 11 is 3.20. The molecule has 0 bridgehead atoms. The molecule has 0 aliphatic heterocycles. The molecule has 0 aliphatic rings. The topological polar surface area (TPSA) is 12.5 Å². The second-order valence-electron chi connectivity index (χ2n) is 2.37. The van der Waals surface area contributed by atoms with E-state index in [1.54, 1.807) is 12.0 Å². The summed E-state index contributed by atoms with van der Waals surface area (Å²) < 4.78 is 28.7. The molecule has 2 nitrogen and oxygen atoms in total. The first-order valence-corrected chi connectivity index (χ1v) is 4.88. The van der Waals surface area contributed by atoms with Crippen LogP contribution in [0.5, 0.6) is 0 Å². The molecule has 0 N–H and O–H groups in total. The van der Waals surface area contributed by atoms with Gasteiger partial charge in [0.25, 0.3) is 6.43 Å². The molecule has 0 saturated heterocycles. The zero-order valence-electron chi connectivity index (χ0n) is 7.10. The van der Waals surface area contributed by atoms with Gasteiger partial charge in [0.1, 0.15) is 0 Å². The van der Waals surface area contributed by atoms with E-state index < -0.39 is 6.43 Å². The summed E-state index contributed by atoms with van der Waals surface area (Å²) in [5.74, 6) is 0. The molecule has 0 atom stereocenters. The van der Waals surface area contributed by atoms with Crippen LogP contribution in [-0.4, -0.2) is 50.0 Å². The van der Waals surface area contributed by atoms with Crippen LogP contribution in [0.1, 0.15) is 0 Å². The van der Waals surface area contributed by atoms with Gasteiger partial charge in [-0.25, -0.2) is 8.78 Å². The highest BCUT2D eigenvalue weighted by atomic mass is 79.9. The van der Waals surface area contributed by atoms with Crippen molar-refractivity contribution in [3.63, 3.8) is 0 Å². The molecule has 0 aromatic heterocycles. The lowest BCUT2D eigenvalue weighted by Crippen LogP contribution is -2.33. The lowest BCUT2D eigenvalue weighted by Gasteiger charge is -2.19. The predicted molar refractivity (Wildman–Crippen MR) is 48.1 cm³/mol. The summed E-state index contributed by atoms with van der Waals surface area (Å²) in [6.07, 6.45) is -2.26. The Morgan fingerprint density at radius 2 is 2.08 bits per heavy atom. The van der Waals surface area contributed by atoms with E-state index in [0.717, 1.165) is 0 Å². The molecule has 0 amide bonds. The third kappa shape index (κ3) is 6.94. The Morgan fingerprint density at radius 3 is 2.50 bits per heavy atom. The molecule has 0 aromatic carbocycles. The monoisotopic (exact) mass is 245 g/mol. The van der Waals surface area contributed by atoms with Gasteiger partial charge in [0.05, 0.1) is 13.2 Å². The van der Waals surface area contributed by atoms with E-state index in [1.807, 2.05) is 0 Å². The number of hydrogen-bond donors (Lipinski definition) is 0. The predicted octanol–water partition coefficient (Wildman–Crippen LogP) is 1.59. The van der Waals surface area contributed by atoms with Crippen molar-refractivity contribution >= 4 is 15.9 Å². The molecule has 74 valence electrons. The fourth-order valence-electron chi connectivity index (χ4n) is 0.829. The van der Waals surface area contributed by atoms with Gasteiger partial charge in [-0.3, -0.25) is 4.90 Å². The molecule has 0 aromatic rings. The number of hydrogen-bond acceptors (Lipinski definition) is 2. The highest BCUT2D eigenvalue weighted by Crippen LogP contribution is 1.98. The van der Waals surface area contributed by atoms with Crippen molar-refractivity contribution in [2.75, 3.05) is 38.7 Å². The van der Waals surface area contributed by atoms with Crippen molar-refractivity contribution in [1.82, 2.24) is 4.90 Å². The van der Waals surface area contributed by atoms with Gasteiger partial charge in [-0.1, -0.05) is 15.9 Å². The molecular weight excluding hydrogens is 232 g/mol. The minimum atomic E-state index is -2.26. The van der Waals surface area contributed by atoms with Gasteiger partial charge in [-0.2, -0.15) is 0 Å². The van der Waals surface area contributed by atoms with Crippen LogP contribution in [-0.2, 0) is 4.74 Å². The fourth-order valence-corrected chi connectivity index (χ4v) is 1.33. The van der Waals surface area contributed by atoms with Crippen LogP contribution in [0.25, 0.3) is 0 Å². The van der Waals surface area contributed by atoms with E-state index in [4.69, 9.17) is 4.74 Å². The summed E-state index contributed by atoms with van der Waals surface area (Å²) in [5, 5.41) is 0.712. The van der Waals surface area contributed by atoms with Crippen molar-refractivity contribution in [2.24, 2.45) is 0 Å². The first-order valence-electron chi connectivity index (χ1n) is 3.76. The molecule has 0 unspecified atom stereocenters. The van der Waals surface area contributed by atoms with Crippen molar-refractivity contribution in [3.8, 4) is 0 Å². The van der Waals surface area contributed by atoms with Crippen LogP contribution in [0, 0.1) is 0 Å². The summed E-state index contributed by atoms with van der Waals surface area (Å²) in [6.45, 7) is 1.52. The Morgan fingerprint density at radius 1 is 1.42 bits per heavy atom. The maximum absolute atomic E-state index is 11.9.